The average molecular weight is 290 g/mol. The van der Waals surface area contributed by atoms with Gasteiger partial charge in [0.15, 0.2) is 0 Å². The van der Waals surface area contributed by atoms with E-state index in [2.05, 4.69) is 20.8 Å². The Labute approximate surface area is 125 Å². The molecule has 0 rings (SSSR count). The molecule has 0 saturated heterocycles. The number of unbranched alkanes of at least 4 members (excludes halogenated alkanes) is 2. The molecule has 0 N–H and O–H groups in total. The number of hydrogen-bond acceptors (Lipinski definition) is 4. The summed E-state index contributed by atoms with van der Waals surface area (Å²) in [6.07, 6.45) is 5.21. The lowest BCUT2D eigenvalue weighted by molar-refractivity contribution is -0.369. The summed E-state index contributed by atoms with van der Waals surface area (Å²) in [5.41, 5.74) is -0.325. The number of hydrogen-bond donors (Lipinski definition) is 0. The number of rotatable bonds is 13. The van der Waals surface area contributed by atoms with E-state index >= 15 is 0 Å². The van der Waals surface area contributed by atoms with E-state index in [-0.39, 0.29) is 11.7 Å². The van der Waals surface area contributed by atoms with E-state index in [0.29, 0.717) is 19.1 Å². The molecular weight excluding hydrogens is 256 g/mol. The highest BCUT2D eigenvalue weighted by atomic mass is 17.2. The van der Waals surface area contributed by atoms with Crippen LogP contribution in [0.1, 0.15) is 73.6 Å². The molecule has 0 aliphatic carbocycles. The standard InChI is InChI=1S/C16H34O4/c1-7-9-11-17-19-15(4)13-14(3)16(5,6)20-18-12-10-8-2/h14-15H,7-13H2,1-6H3. The lowest BCUT2D eigenvalue weighted by Crippen LogP contribution is -2.35. The van der Waals surface area contributed by atoms with E-state index in [0.717, 1.165) is 32.1 Å². The molecule has 20 heavy (non-hydrogen) atoms. The van der Waals surface area contributed by atoms with Gasteiger partial charge in [-0.2, -0.15) is 0 Å². The molecule has 2 unspecified atom stereocenters. The Kier molecular flexibility index (Phi) is 11.4. The van der Waals surface area contributed by atoms with Crippen molar-refractivity contribution >= 4 is 0 Å². The zero-order valence-corrected chi connectivity index (χ0v) is 14.2. The Morgan fingerprint density at radius 1 is 0.900 bits per heavy atom. The topological polar surface area (TPSA) is 36.9 Å². The minimum Gasteiger partial charge on any atom is -0.236 e. The molecule has 0 heterocycles. The molecule has 0 saturated carbocycles. The predicted molar refractivity (Wildman–Crippen MR) is 81.2 cm³/mol. The minimum atomic E-state index is -0.325. The molecular formula is C16H34O4. The summed E-state index contributed by atoms with van der Waals surface area (Å²) in [7, 11) is 0. The van der Waals surface area contributed by atoms with Crippen LogP contribution in [0.2, 0.25) is 0 Å². The Morgan fingerprint density at radius 2 is 1.45 bits per heavy atom. The van der Waals surface area contributed by atoms with Gasteiger partial charge in [-0.05, 0) is 46.0 Å². The minimum absolute atomic E-state index is 0.0559. The van der Waals surface area contributed by atoms with Crippen LogP contribution in [0.4, 0.5) is 0 Å². The maximum atomic E-state index is 5.54. The van der Waals surface area contributed by atoms with Gasteiger partial charge < -0.3 is 0 Å². The zero-order valence-electron chi connectivity index (χ0n) is 14.2. The largest absolute Gasteiger partial charge is 0.236 e. The van der Waals surface area contributed by atoms with Crippen molar-refractivity contribution in [2.24, 2.45) is 5.92 Å². The molecule has 4 heteroatoms. The molecule has 0 radical (unpaired) electrons. The van der Waals surface area contributed by atoms with Gasteiger partial charge in [0.05, 0.1) is 19.3 Å². The Balaban J connectivity index is 3.87. The van der Waals surface area contributed by atoms with Crippen molar-refractivity contribution in [1.82, 2.24) is 0 Å². The molecule has 0 aromatic rings. The summed E-state index contributed by atoms with van der Waals surface area (Å²) in [5.74, 6) is 0.314. The van der Waals surface area contributed by atoms with Crippen LogP contribution in [0.5, 0.6) is 0 Å². The van der Waals surface area contributed by atoms with Gasteiger partial charge in [-0.25, -0.2) is 19.6 Å². The summed E-state index contributed by atoms with van der Waals surface area (Å²) in [6.45, 7) is 13.9. The van der Waals surface area contributed by atoms with Crippen molar-refractivity contribution in [2.45, 2.75) is 85.4 Å². The molecule has 0 bridgehead atoms. The predicted octanol–water partition coefficient (Wildman–Crippen LogP) is 4.68. The molecule has 0 aliphatic rings. The third kappa shape index (κ3) is 9.70. The van der Waals surface area contributed by atoms with Crippen molar-refractivity contribution in [1.29, 1.82) is 0 Å². The molecule has 0 spiro atoms. The molecule has 0 fully saturated rings. The fourth-order valence-electron chi connectivity index (χ4n) is 1.67. The molecule has 0 amide bonds. The first-order valence-electron chi connectivity index (χ1n) is 8.02. The maximum absolute atomic E-state index is 5.54. The average Bonchev–Trinajstić information content (AvgIpc) is 2.39. The third-order valence-corrected chi connectivity index (χ3v) is 3.54. The van der Waals surface area contributed by atoms with Crippen LogP contribution in [0.15, 0.2) is 0 Å². The summed E-state index contributed by atoms with van der Waals surface area (Å²) in [6, 6.07) is 0. The quantitative estimate of drug-likeness (QED) is 0.280. The lowest BCUT2D eigenvalue weighted by atomic mass is 9.88. The van der Waals surface area contributed by atoms with Crippen LogP contribution in [0, 0.1) is 5.92 Å². The van der Waals surface area contributed by atoms with Crippen LogP contribution in [-0.2, 0) is 19.6 Å². The highest BCUT2D eigenvalue weighted by Gasteiger charge is 2.30. The second-order valence-corrected chi connectivity index (χ2v) is 6.08. The normalized spacial score (nSPS) is 15.3. The van der Waals surface area contributed by atoms with Gasteiger partial charge in [0, 0.05) is 0 Å². The molecule has 122 valence electrons. The summed E-state index contributed by atoms with van der Waals surface area (Å²) >= 11 is 0. The van der Waals surface area contributed by atoms with Crippen molar-refractivity contribution in [3.8, 4) is 0 Å². The van der Waals surface area contributed by atoms with Gasteiger partial charge in [-0.1, -0.05) is 33.6 Å². The second kappa shape index (κ2) is 11.5. The molecule has 0 aromatic heterocycles. The van der Waals surface area contributed by atoms with Crippen LogP contribution >= 0.6 is 0 Å². The second-order valence-electron chi connectivity index (χ2n) is 6.08. The highest BCUT2D eigenvalue weighted by molar-refractivity contribution is 4.76. The van der Waals surface area contributed by atoms with Crippen molar-refractivity contribution in [2.75, 3.05) is 13.2 Å². The fourth-order valence-corrected chi connectivity index (χ4v) is 1.67. The first kappa shape index (κ1) is 19.8. The van der Waals surface area contributed by atoms with E-state index in [4.69, 9.17) is 19.6 Å². The molecule has 0 aliphatic heterocycles. The van der Waals surface area contributed by atoms with E-state index < -0.39 is 0 Å². The van der Waals surface area contributed by atoms with E-state index in [1.807, 2.05) is 20.8 Å². The Hall–Kier alpha value is -0.160. The zero-order chi connectivity index (χ0) is 15.4. The van der Waals surface area contributed by atoms with Crippen LogP contribution in [-0.4, -0.2) is 24.9 Å². The molecule has 0 aromatic carbocycles. The smallest absolute Gasteiger partial charge is 0.101 e. The van der Waals surface area contributed by atoms with Crippen molar-refractivity contribution < 1.29 is 19.6 Å². The summed E-state index contributed by atoms with van der Waals surface area (Å²) in [5, 5.41) is 0. The van der Waals surface area contributed by atoms with Gasteiger partial charge in [-0.3, -0.25) is 0 Å². The van der Waals surface area contributed by atoms with E-state index in [1.54, 1.807) is 0 Å². The monoisotopic (exact) mass is 290 g/mol. The van der Waals surface area contributed by atoms with E-state index in [9.17, 15) is 0 Å². The molecule has 4 nitrogen and oxygen atoms in total. The fraction of sp³-hybridized carbons (Fsp3) is 1.00. The maximum Gasteiger partial charge on any atom is 0.101 e. The van der Waals surface area contributed by atoms with Gasteiger partial charge in [-0.15, -0.1) is 0 Å². The first-order chi connectivity index (χ1) is 9.44. The first-order valence-corrected chi connectivity index (χ1v) is 8.02. The highest BCUT2D eigenvalue weighted by Crippen LogP contribution is 2.26. The van der Waals surface area contributed by atoms with Gasteiger partial charge in [0.1, 0.15) is 5.60 Å². The SMILES string of the molecule is CCCCOOC(C)CC(C)C(C)(C)OOCCCC. The van der Waals surface area contributed by atoms with Gasteiger partial charge >= 0.3 is 0 Å². The van der Waals surface area contributed by atoms with Crippen molar-refractivity contribution in [3.05, 3.63) is 0 Å². The molecule has 2 atom stereocenters. The van der Waals surface area contributed by atoms with Gasteiger partial charge in [0.2, 0.25) is 0 Å². The summed E-state index contributed by atoms with van der Waals surface area (Å²) < 4.78 is 0. The Morgan fingerprint density at radius 3 is 2.00 bits per heavy atom. The Bertz CT molecular complexity index is 219. The third-order valence-electron chi connectivity index (χ3n) is 3.54. The lowest BCUT2D eigenvalue weighted by Gasteiger charge is -2.31. The summed E-state index contributed by atoms with van der Waals surface area (Å²) in [4.78, 5) is 21.4. The van der Waals surface area contributed by atoms with Crippen LogP contribution in [0.3, 0.4) is 0 Å². The van der Waals surface area contributed by atoms with E-state index in [1.165, 1.54) is 0 Å². The van der Waals surface area contributed by atoms with Crippen molar-refractivity contribution in [3.63, 3.8) is 0 Å². The van der Waals surface area contributed by atoms with Gasteiger partial charge in [0.25, 0.3) is 0 Å². The van der Waals surface area contributed by atoms with Crippen LogP contribution in [0.25, 0.3) is 0 Å². The van der Waals surface area contributed by atoms with Crippen LogP contribution < -0.4 is 0 Å².